The SMILES string of the molecule is COC(=O)c1ccccc1NC(=O)NCc1ccoc1. The summed E-state index contributed by atoms with van der Waals surface area (Å²) >= 11 is 0. The molecule has 0 aliphatic rings. The highest BCUT2D eigenvalue weighted by Crippen LogP contribution is 2.15. The fraction of sp³-hybridized carbons (Fsp3) is 0.143. The number of nitrogens with one attached hydrogen (secondary N) is 2. The van der Waals surface area contributed by atoms with Gasteiger partial charge < -0.3 is 19.8 Å². The summed E-state index contributed by atoms with van der Waals surface area (Å²) in [6, 6.07) is 7.96. The summed E-state index contributed by atoms with van der Waals surface area (Å²) in [7, 11) is 1.29. The number of para-hydroxylation sites is 1. The van der Waals surface area contributed by atoms with Gasteiger partial charge in [0.2, 0.25) is 0 Å². The Hall–Kier alpha value is -2.76. The van der Waals surface area contributed by atoms with E-state index in [1.807, 2.05) is 0 Å². The summed E-state index contributed by atoms with van der Waals surface area (Å²) in [5, 5.41) is 5.26. The van der Waals surface area contributed by atoms with E-state index in [1.165, 1.54) is 13.4 Å². The molecule has 2 N–H and O–H groups in total. The Morgan fingerprint density at radius 1 is 1.25 bits per heavy atom. The largest absolute Gasteiger partial charge is 0.472 e. The summed E-state index contributed by atoms with van der Waals surface area (Å²) in [6.07, 6.45) is 3.07. The number of hydrogen-bond acceptors (Lipinski definition) is 4. The van der Waals surface area contributed by atoms with Crippen molar-refractivity contribution in [3.63, 3.8) is 0 Å². The number of rotatable bonds is 4. The third-order valence-corrected chi connectivity index (χ3v) is 2.61. The minimum atomic E-state index is -0.504. The zero-order valence-electron chi connectivity index (χ0n) is 10.9. The average molecular weight is 274 g/mol. The highest BCUT2D eigenvalue weighted by Gasteiger charge is 2.12. The van der Waals surface area contributed by atoms with Gasteiger partial charge in [-0.15, -0.1) is 0 Å². The van der Waals surface area contributed by atoms with Crippen LogP contribution in [0.5, 0.6) is 0 Å². The van der Waals surface area contributed by atoms with Crippen LogP contribution in [0.4, 0.5) is 10.5 Å². The van der Waals surface area contributed by atoms with Gasteiger partial charge in [0.25, 0.3) is 0 Å². The van der Waals surface area contributed by atoms with E-state index in [4.69, 9.17) is 4.42 Å². The molecule has 1 aromatic carbocycles. The second-order valence-corrected chi connectivity index (χ2v) is 3.98. The van der Waals surface area contributed by atoms with Crippen molar-refractivity contribution in [2.24, 2.45) is 0 Å². The van der Waals surface area contributed by atoms with E-state index in [2.05, 4.69) is 15.4 Å². The number of amides is 2. The monoisotopic (exact) mass is 274 g/mol. The second-order valence-electron chi connectivity index (χ2n) is 3.98. The smallest absolute Gasteiger partial charge is 0.339 e. The van der Waals surface area contributed by atoms with Crippen LogP contribution in [-0.2, 0) is 11.3 Å². The molecule has 0 unspecified atom stereocenters. The van der Waals surface area contributed by atoms with Crippen molar-refractivity contribution in [1.29, 1.82) is 0 Å². The van der Waals surface area contributed by atoms with Gasteiger partial charge in [0.1, 0.15) is 0 Å². The molecule has 6 heteroatoms. The molecule has 0 atom stereocenters. The number of hydrogen-bond donors (Lipinski definition) is 2. The average Bonchev–Trinajstić information content (AvgIpc) is 2.98. The maximum absolute atomic E-state index is 11.8. The van der Waals surface area contributed by atoms with Crippen molar-refractivity contribution in [3.8, 4) is 0 Å². The van der Waals surface area contributed by atoms with Crippen LogP contribution in [0.2, 0.25) is 0 Å². The van der Waals surface area contributed by atoms with E-state index in [-0.39, 0.29) is 0 Å². The molecular weight excluding hydrogens is 260 g/mol. The van der Waals surface area contributed by atoms with Crippen LogP contribution in [0, 0.1) is 0 Å². The lowest BCUT2D eigenvalue weighted by atomic mass is 10.2. The molecule has 20 heavy (non-hydrogen) atoms. The number of carbonyl (C=O) groups is 2. The van der Waals surface area contributed by atoms with E-state index < -0.39 is 12.0 Å². The highest BCUT2D eigenvalue weighted by molar-refractivity contribution is 6.00. The molecule has 0 saturated carbocycles. The molecule has 0 aliphatic heterocycles. The molecule has 0 radical (unpaired) electrons. The fourth-order valence-corrected chi connectivity index (χ4v) is 1.62. The van der Waals surface area contributed by atoms with Crippen molar-refractivity contribution < 1.29 is 18.7 Å². The van der Waals surface area contributed by atoms with Crippen LogP contribution < -0.4 is 10.6 Å². The number of benzene rings is 1. The third kappa shape index (κ3) is 3.38. The first kappa shape index (κ1) is 13.7. The Morgan fingerprint density at radius 2 is 2.05 bits per heavy atom. The minimum absolute atomic E-state index is 0.300. The van der Waals surface area contributed by atoms with Crippen LogP contribution in [0.15, 0.2) is 47.3 Å². The first-order chi connectivity index (χ1) is 9.70. The van der Waals surface area contributed by atoms with Crippen LogP contribution >= 0.6 is 0 Å². The van der Waals surface area contributed by atoms with Crippen molar-refractivity contribution in [1.82, 2.24) is 5.32 Å². The Bertz CT molecular complexity index is 593. The third-order valence-electron chi connectivity index (χ3n) is 2.61. The number of anilines is 1. The molecule has 0 bridgehead atoms. The van der Waals surface area contributed by atoms with Crippen molar-refractivity contribution in [3.05, 3.63) is 54.0 Å². The van der Waals surface area contributed by atoms with Gasteiger partial charge in [-0.1, -0.05) is 12.1 Å². The summed E-state index contributed by atoms with van der Waals surface area (Å²) in [5.74, 6) is -0.504. The predicted molar refractivity (Wildman–Crippen MR) is 72.3 cm³/mol. The Morgan fingerprint density at radius 3 is 2.75 bits per heavy atom. The molecule has 0 spiro atoms. The van der Waals surface area contributed by atoms with E-state index >= 15 is 0 Å². The second kappa shape index (κ2) is 6.42. The minimum Gasteiger partial charge on any atom is -0.472 e. The highest BCUT2D eigenvalue weighted by atomic mass is 16.5. The van der Waals surface area contributed by atoms with E-state index in [9.17, 15) is 9.59 Å². The van der Waals surface area contributed by atoms with Gasteiger partial charge in [-0.3, -0.25) is 0 Å². The molecule has 2 amide bonds. The molecule has 6 nitrogen and oxygen atoms in total. The van der Waals surface area contributed by atoms with E-state index in [0.29, 0.717) is 17.8 Å². The maximum atomic E-state index is 11.8. The number of carbonyl (C=O) groups excluding carboxylic acids is 2. The number of urea groups is 1. The van der Waals surface area contributed by atoms with Gasteiger partial charge in [-0.2, -0.15) is 0 Å². The Balaban J connectivity index is 1.99. The van der Waals surface area contributed by atoms with Gasteiger partial charge >= 0.3 is 12.0 Å². The van der Waals surface area contributed by atoms with E-state index in [1.54, 1.807) is 36.6 Å². The molecule has 1 heterocycles. The molecule has 104 valence electrons. The van der Waals surface area contributed by atoms with Gasteiger partial charge in [-0.25, -0.2) is 9.59 Å². The topological polar surface area (TPSA) is 80.6 Å². The van der Waals surface area contributed by atoms with Gasteiger partial charge in [-0.05, 0) is 18.2 Å². The zero-order chi connectivity index (χ0) is 14.4. The summed E-state index contributed by atoms with van der Waals surface area (Å²) in [4.78, 5) is 23.3. The molecule has 0 aliphatic carbocycles. The number of furan rings is 1. The first-order valence-electron chi connectivity index (χ1n) is 5.94. The molecule has 2 rings (SSSR count). The zero-order valence-corrected chi connectivity index (χ0v) is 10.9. The number of esters is 1. The number of ether oxygens (including phenoxy) is 1. The molecular formula is C14H14N2O4. The van der Waals surface area contributed by atoms with Crippen LogP contribution in [0.3, 0.4) is 0 Å². The van der Waals surface area contributed by atoms with Crippen LogP contribution in [-0.4, -0.2) is 19.1 Å². The summed E-state index contributed by atoms with van der Waals surface area (Å²) in [6.45, 7) is 0.336. The van der Waals surface area contributed by atoms with Gasteiger partial charge in [0, 0.05) is 12.1 Å². The molecule has 0 fully saturated rings. The maximum Gasteiger partial charge on any atom is 0.339 e. The van der Waals surface area contributed by atoms with Crippen molar-refractivity contribution in [2.45, 2.75) is 6.54 Å². The summed E-state index contributed by atoms with van der Waals surface area (Å²) < 4.78 is 9.55. The van der Waals surface area contributed by atoms with Crippen LogP contribution in [0.25, 0.3) is 0 Å². The Kier molecular flexibility index (Phi) is 4.39. The standard InChI is InChI=1S/C14H14N2O4/c1-19-13(17)11-4-2-3-5-12(11)16-14(18)15-8-10-6-7-20-9-10/h2-7,9H,8H2,1H3,(H2,15,16,18). The Labute approximate surface area is 115 Å². The van der Waals surface area contributed by atoms with E-state index in [0.717, 1.165) is 5.56 Å². The number of methoxy groups -OCH3 is 1. The lowest BCUT2D eigenvalue weighted by Crippen LogP contribution is -2.28. The van der Waals surface area contributed by atoms with Gasteiger partial charge in [0.15, 0.2) is 0 Å². The molecule has 0 saturated heterocycles. The lowest BCUT2D eigenvalue weighted by molar-refractivity contribution is 0.0602. The lowest BCUT2D eigenvalue weighted by Gasteiger charge is -2.10. The van der Waals surface area contributed by atoms with Gasteiger partial charge in [0.05, 0.1) is 30.9 Å². The van der Waals surface area contributed by atoms with Crippen molar-refractivity contribution >= 4 is 17.7 Å². The quantitative estimate of drug-likeness (QED) is 0.839. The normalized spacial score (nSPS) is 9.85. The molecule has 1 aromatic heterocycles. The van der Waals surface area contributed by atoms with Crippen molar-refractivity contribution in [2.75, 3.05) is 12.4 Å². The molecule has 2 aromatic rings. The first-order valence-corrected chi connectivity index (χ1v) is 5.94. The summed E-state index contributed by atoms with van der Waals surface area (Å²) in [5.41, 5.74) is 1.54. The predicted octanol–water partition coefficient (Wildman–Crippen LogP) is 2.39. The fourth-order valence-electron chi connectivity index (χ4n) is 1.62. The van der Waals surface area contributed by atoms with Crippen LogP contribution in [0.1, 0.15) is 15.9 Å².